The first-order valence-electron chi connectivity index (χ1n) is 9.86. The summed E-state index contributed by atoms with van der Waals surface area (Å²) in [5, 5.41) is 0. The summed E-state index contributed by atoms with van der Waals surface area (Å²) in [6.45, 7) is 6.11. The van der Waals surface area contributed by atoms with E-state index in [9.17, 15) is 4.79 Å². The van der Waals surface area contributed by atoms with Crippen LogP contribution in [0.2, 0.25) is 0 Å². The van der Waals surface area contributed by atoms with Crippen LogP contribution in [0.4, 0.5) is 5.95 Å². The first kappa shape index (κ1) is 19.1. The molecule has 1 fully saturated rings. The van der Waals surface area contributed by atoms with Gasteiger partial charge in [-0.25, -0.2) is 9.97 Å². The van der Waals surface area contributed by atoms with Gasteiger partial charge in [-0.1, -0.05) is 54.6 Å². The molecular weight excluding hydrogens is 362 g/mol. The highest BCUT2D eigenvalue weighted by molar-refractivity contribution is 5.99. The van der Waals surface area contributed by atoms with Crippen molar-refractivity contribution in [2.45, 2.75) is 13.5 Å². The van der Waals surface area contributed by atoms with Gasteiger partial charge in [0.25, 0.3) is 5.91 Å². The number of aromatic nitrogens is 2. The summed E-state index contributed by atoms with van der Waals surface area (Å²) < 4.78 is 0. The van der Waals surface area contributed by atoms with Crippen LogP contribution in [0.5, 0.6) is 0 Å². The summed E-state index contributed by atoms with van der Waals surface area (Å²) in [6, 6.07) is 18.1. The van der Waals surface area contributed by atoms with Gasteiger partial charge < -0.3 is 10.6 Å². The Morgan fingerprint density at radius 1 is 1.00 bits per heavy atom. The van der Waals surface area contributed by atoms with Crippen molar-refractivity contribution >= 4 is 11.9 Å². The first-order valence-corrected chi connectivity index (χ1v) is 9.86. The van der Waals surface area contributed by atoms with E-state index < -0.39 is 0 Å². The van der Waals surface area contributed by atoms with E-state index in [2.05, 4.69) is 46.1 Å². The largest absolute Gasteiger partial charge is 0.368 e. The fourth-order valence-corrected chi connectivity index (χ4v) is 3.68. The van der Waals surface area contributed by atoms with Crippen molar-refractivity contribution in [3.63, 3.8) is 0 Å². The standard InChI is InChI=1S/C23H25N5O/c1-17-7-5-6-10-19(17)16-27-11-13-28(14-12-27)22(29)20-15-25-23(24)26-21(20)18-8-3-2-4-9-18/h2-10,15H,11-14,16H2,1H3,(H2,24,25,26). The third kappa shape index (κ3) is 4.27. The van der Waals surface area contributed by atoms with Gasteiger partial charge in [0.1, 0.15) is 0 Å². The maximum absolute atomic E-state index is 13.2. The fraction of sp³-hybridized carbons (Fsp3) is 0.261. The predicted molar refractivity (Wildman–Crippen MR) is 114 cm³/mol. The van der Waals surface area contributed by atoms with Crippen molar-refractivity contribution in [2.75, 3.05) is 31.9 Å². The zero-order valence-electron chi connectivity index (χ0n) is 16.6. The van der Waals surface area contributed by atoms with Gasteiger partial charge in [0, 0.05) is 44.5 Å². The molecule has 1 aliphatic heterocycles. The van der Waals surface area contributed by atoms with Gasteiger partial charge in [0.15, 0.2) is 0 Å². The molecule has 1 aromatic heterocycles. The Balaban J connectivity index is 1.47. The quantitative estimate of drug-likeness (QED) is 0.745. The smallest absolute Gasteiger partial charge is 0.257 e. The number of amides is 1. The SMILES string of the molecule is Cc1ccccc1CN1CCN(C(=O)c2cnc(N)nc2-c2ccccc2)CC1. The van der Waals surface area contributed by atoms with Crippen molar-refractivity contribution in [1.82, 2.24) is 19.8 Å². The molecule has 4 rings (SSSR count). The molecule has 0 atom stereocenters. The lowest BCUT2D eigenvalue weighted by Gasteiger charge is -2.35. The average molecular weight is 387 g/mol. The Bertz CT molecular complexity index is 997. The van der Waals surface area contributed by atoms with E-state index in [1.165, 1.54) is 11.1 Å². The molecule has 1 aliphatic rings. The highest BCUT2D eigenvalue weighted by atomic mass is 16.2. The molecule has 1 amide bonds. The summed E-state index contributed by atoms with van der Waals surface area (Å²) >= 11 is 0. The van der Waals surface area contributed by atoms with E-state index in [0.717, 1.165) is 25.2 Å². The molecule has 0 bridgehead atoms. The number of nitrogens with two attached hydrogens (primary N) is 1. The average Bonchev–Trinajstić information content (AvgIpc) is 2.76. The number of hydrogen-bond acceptors (Lipinski definition) is 5. The Hall–Kier alpha value is -3.25. The number of piperazine rings is 1. The van der Waals surface area contributed by atoms with Crippen LogP contribution in [0.3, 0.4) is 0 Å². The molecule has 2 heterocycles. The number of nitrogens with zero attached hydrogens (tertiary/aromatic N) is 4. The number of hydrogen-bond donors (Lipinski definition) is 1. The lowest BCUT2D eigenvalue weighted by atomic mass is 10.1. The van der Waals surface area contributed by atoms with Crippen LogP contribution in [0, 0.1) is 6.92 Å². The van der Waals surface area contributed by atoms with Gasteiger partial charge in [0.2, 0.25) is 5.95 Å². The van der Waals surface area contributed by atoms with E-state index >= 15 is 0 Å². The van der Waals surface area contributed by atoms with Gasteiger partial charge in [-0.3, -0.25) is 9.69 Å². The van der Waals surface area contributed by atoms with Crippen LogP contribution >= 0.6 is 0 Å². The molecule has 0 saturated carbocycles. The van der Waals surface area contributed by atoms with Gasteiger partial charge in [-0.2, -0.15) is 0 Å². The maximum Gasteiger partial charge on any atom is 0.257 e. The lowest BCUT2D eigenvalue weighted by molar-refractivity contribution is 0.0628. The van der Waals surface area contributed by atoms with Crippen LogP contribution in [0.25, 0.3) is 11.3 Å². The Labute approximate surface area is 171 Å². The number of carbonyl (C=O) groups excluding carboxylic acids is 1. The molecule has 3 aromatic rings. The Morgan fingerprint density at radius 2 is 1.69 bits per heavy atom. The van der Waals surface area contributed by atoms with Crippen molar-refractivity contribution in [1.29, 1.82) is 0 Å². The molecule has 2 aromatic carbocycles. The number of nitrogen functional groups attached to an aromatic ring is 1. The molecule has 2 N–H and O–H groups in total. The number of benzene rings is 2. The van der Waals surface area contributed by atoms with Crippen LogP contribution < -0.4 is 5.73 Å². The highest BCUT2D eigenvalue weighted by Crippen LogP contribution is 2.23. The number of carbonyl (C=O) groups is 1. The van der Waals surface area contributed by atoms with Gasteiger partial charge >= 0.3 is 0 Å². The molecular formula is C23H25N5O. The third-order valence-corrected chi connectivity index (χ3v) is 5.40. The van der Waals surface area contributed by atoms with E-state index in [1.807, 2.05) is 35.2 Å². The zero-order chi connectivity index (χ0) is 20.2. The normalized spacial score (nSPS) is 14.7. The molecule has 0 aliphatic carbocycles. The minimum Gasteiger partial charge on any atom is -0.368 e. The van der Waals surface area contributed by atoms with Crippen molar-refractivity contribution in [2.24, 2.45) is 0 Å². The van der Waals surface area contributed by atoms with Gasteiger partial charge in [0.05, 0.1) is 11.3 Å². The van der Waals surface area contributed by atoms with Gasteiger partial charge in [-0.05, 0) is 18.1 Å². The van der Waals surface area contributed by atoms with E-state index in [-0.39, 0.29) is 11.9 Å². The Kier molecular flexibility index (Phi) is 5.53. The summed E-state index contributed by atoms with van der Waals surface area (Å²) in [7, 11) is 0. The minimum absolute atomic E-state index is 0.0422. The maximum atomic E-state index is 13.2. The second-order valence-corrected chi connectivity index (χ2v) is 7.35. The lowest BCUT2D eigenvalue weighted by Crippen LogP contribution is -2.48. The summed E-state index contributed by atoms with van der Waals surface area (Å²) in [6.07, 6.45) is 1.55. The van der Waals surface area contributed by atoms with E-state index in [0.29, 0.717) is 24.3 Å². The van der Waals surface area contributed by atoms with E-state index in [1.54, 1.807) is 6.20 Å². The molecule has 29 heavy (non-hydrogen) atoms. The van der Waals surface area contributed by atoms with Gasteiger partial charge in [-0.15, -0.1) is 0 Å². The molecule has 0 radical (unpaired) electrons. The van der Waals surface area contributed by atoms with Crippen LogP contribution in [0.1, 0.15) is 21.5 Å². The first-order chi connectivity index (χ1) is 14.1. The number of anilines is 1. The fourth-order valence-electron chi connectivity index (χ4n) is 3.68. The van der Waals surface area contributed by atoms with Crippen molar-refractivity contribution < 1.29 is 4.79 Å². The van der Waals surface area contributed by atoms with Crippen LogP contribution in [0.15, 0.2) is 60.8 Å². The summed E-state index contributed by atoms with van der Waals surface area (Å²) in [5.74, 6) is 0.128. The topological polar surface area (TPSA) is 75.3 Å². The zero-order valence-corrected chi connectivity index (χ0v) is 16.6. The van der Waals surface area contributed by atoms with Crippen molar-refractivity contribution in [3.05, 3.63) is 77.5 Å². The van der Waals surface area contributed by atoms with Crippen LogP contribution in [-0.2, 0) is 6.54 Å². The molecule has 6 heteroatoms. The summed E-state index contributed by atoms with van der Waals surface area (Å²) in [4.78, 5) is 25.9. The molecule has 0 unspecified atom stereocenters. The summed E-state index contributed by atoms with van der Waals surface area (Å²) in [5.41, 5.74) is 10.4. The second kappa shape index (κ2) is 8.41. The number of aryl methyl sites for hydroxylation is 1. The molecule has 148 valence electrons. The molecule has 0 spiro atoms. The van der Waals surface area contributed by atoms with Crippen LogP contribution in [-0.4, -0.2) is 51.9 Å². The Morgan fingerprint density at radius 3 is 2.41 bits per heavy atom. The van der Waals surface area contributed by atoms with Crippen molar-refractivity contribution in [3.8, 4) is 11.3 Å². The minimum atomic E-state index is -0.0422. The highest BCUT2D eigenvalue weighted by Gasteiger charge is 2.25. The monoisotopic (exact) mass is 387 g/mol. The number of rotatable bonds is 4. The second-order valence-electron chi connectivity index (χ2n) is 7.35. The molecule has 6 nitrogen and oxygen atoms in total. The molecule has 1 saturated heterocycles. The third-order valence-electron chi connectivity index (χ3n) is 5.40. The van der Waals surface area contributed by atoms with E-state index in [4.69, 9.17) is 5.73 Å². The predicted octanol–water partition coefficient (Wildman–Crippen LogP) is 2.99.